The lowest BCUT2D eigenvalue weighted by Gasteiger charge is -2.28. The standard InChI is InChI=1S/C22H26N2O4/c1-15-12-17(8-9-18(15)24-11-5-4-6-22(24)26)23-21(25)14-16-7-10-19(27-2)20(13-16)28-3/h7-10,12-13H,4-6,11,14H2,1-3H3,(H,23,25). The van der Waals surface area contributed by atoms with Crippen LogP contribution in [-0.4, -0.2) is 32.6 Å². The van der Waals surface area contributed by atoms with Gasteiger partial charge < -0.3 is 19.7 Å². The summed E-state index contributed by atoms with van der Waals surface area (Å²) in [4.78, 5) is 26.4. The monoisotopic (exact) mass is 382 g/mol. The summed E-state index contributed by atoms with van der Waals surface area (Å²) in [6.45, 7) is 2.71. The number of aryl methyl sites for hydroxylation is 1. The van der Waals surface area contributed by atoms with Gasteiger partial charge >= 0.3 is 0 Å². The van der Waals surface area contributed by atoms with Crippen LogP contribution in [0.3, 0.4) is 0 Å². The van der Waals surface area contributed by atoms with Gasteiger partial charge in [-0.25, -0.2) is 0 Å². The van der Waals surface area contributed by atoms with Crippen molar-refractivity contribution in [3.8, 4) is 11.5 Å². The molecule has 6 nitrogen and oxygen atoms in total. The molecule has 2 amide bonds. The van der Waals surface area contributed by atoms with Crippen molar-refractivity contribution < 1.29 is 19.1 Å². The number of amides is 2. The van der Waals surface area contributed by atoms with E-state index in [1.807, 2.05) is 36.1 Å². The van der Waals surface area contributed by atoms with Crippen molar-refractivity contribution in [1.29, 1.82) is 0 Å². The van der Waals surface area contributed by atoms with Gasteiger partial charge in [0.25, 0.3) is 0 Å². The number of anilines is 2. The van der Waals surface area contributed by atoms with E-state index in [1.54, 1.807) is 26.4 Å². The van der Waals surface area contributed by atoms with Gasteiger partial charge in [0.2, 0.25) is 11.8 Å². The van der Waals surface area contributed by atoms with Gasteiger partial charge in [0.1, 0.15) is 0 Å². The summed E-state index contributed by atoms with van der Waals surface area (Å²) in [5.74, 6) is 1.28. The van der Waals surface area contributed by atoms with E-state index in [-0.39, 0.29) is 18.2 Å². The first-order valence-corrected chi connectivity index (χ1v) is 9.43. The number of piperidine rings is 1. The van der Waals surface area contributed by atoms with Crippen LogP contribution in [0.2, 0.25) is 0 Å². The van der Waals surface area contributed by atoms with Crippen LogP contribution in [0, 0.1) is 6.92 Å². The Morgan fingerprint density at radius 1 is 1.07 bits per heavy atom. The van der Waals surface area contributed by atoms with Crippen molar-refractivity contribution >= 4 is 23.2 Å². The molecule has 1 aliphatic heterocycles. The van der Waals surface area contributed by atoms with E-state index in [0.717, 1.165) is 41.9 Å². The number of benzene rings is 2. The second-order valence-electron chi connectivity index (χ2n) is 6.92. The van der Waals surface area contributed by atoms with Crippen molar-refractivity contribution in [2.75, 3.05) is 31.0 Å². The molecule has 0 aliphatic carbocycles. The first-order chi connectivity index (χ1) is 13.5. The smallest absolute Gasteiger partial charge is 0.228 e. The van der Waals surface area contributed by atoms with Gasteiger partial charge in [-0.2, -0.15) is 0 Å². The largest absolute Gasteiger partial charge is 0.493 e. The minimum Gasteiger partial charge on any atom is -0.493 e. The van der Waals surface area contributed by atoms with Crippen molar-refractivity contribution in [2.24, 2.45) is 0 Å². The van der Waals surface area contributed by atoms with Gasteiger partial charge in [-0.1, -0.05) is 6.07 Å². The second kappa shape index (κ2) is 8.78. The summed E-state index contributed by atoms with van der Waals surface area (Å²) in [6.07, 6.45) is 2.81. The average Bonchev–Trinajstić information content (AvgIpc) is 2.68. The van der Waals surface area contributed by atoms with Gasteiger partial charge in [-0.15, -0.1) is 0 Å². The minimum absolute atomic E-state index is 0.117. The summed E-state index contributed by atoms with van der Waals surface area (Å²) in [6, 6.07) is 11.1. The maximum absolute atomic E-state index is 12.4. The summed E-state index contributed by atoms with van der Waals surface area (Å²) in [7, 11) is 3.15. The topological polar surface area (TPSA) is 67.9 Å². The summed E-state index contributed by atoms with van der Waals surface area (Å²) in [5, 5.41) is 2.92. The molecule has 1 fully saturated rings. The van der Waals surface area contributed by atoms with Gasteiger partial charge in [-0.05, 0) is 61.2 Å². The summed E-state index contributed by atoms with van der Waals surface area (Å²) >= 11 is 0. The molecule has 0 spiro atoms. The van der Waals surface area contributed by atoms with E-state index < -0.39 is 0 Å². The molecular weight excluding hydrogens is 356 g/mol. The fraction of sp³-hybridized carbons (Fsp3) is 0.364. The number of ether oxygens (including phenoxy) is 2. The number of methoxy groups -OCH3 is 2. The zero-order chi connectivity index (χ0) is 20.1. The minimum atomic E-state index is -0.117. The molecule has 1 N–H and O–H groups in total. The van der Waals surface area contributed by atoms with Crippen LogP contribution in [0.1, 0.15) is 30.4 Å². The average molecular weight is 382 g/mol. The number of carbonyl (C=O) groups excluding carboxylic acids is 2. The van der Waals surface area contributed by atoms with Crippen LogP contribution in [0.15, 0.2) is 36.4 Å². The van der Waals surface area contributed by atoms with Crippen LogP contribution in [0.4, 0.5) is 11.4 Å². The molecule has 2 aromatic carbocycles. The van der Waals surface area contributed by atoms with E-state index in [0.29, 0.717) is 17.9 Å². The molecule has 3 rings (SSSR count). The highest BCUT2D eigenvalue weighted by Gasteiger charge is 2.21. The van der Waals surface area contributed by atoms with Gasteiger partial charge in [-0.3, -0.25) is 9.59 Å². The molecule has 28 heavy (non-hydrogen) atoms. The zero-order valence-electron chi connectivity index (χ0n) is 16.6. The van der Waals surface area contributed by atoms with Crippen LogP contribution < -0.4 is 19.7 Å². The van der Waals surface area contributed by atoms with E-state index in [1.165, 1.54) is 0 Å². The Morgan fingerprint density at radius 2 is 1.86 bits per heavy atom. The third-order valence-corrected chi connectivity index (χ3v) is 4.91. The van der Waals surface area contributed by atoms with Crippen LogP contribution in [-0.2, 0) is 16.0 Å². The number of hydrogen-bond donors (Lipinski definition) is 1. The molecule has 0 bridgehead atoms. The van der Waals surface area contributed by atoms with Gasteiger partial charge in [0, 0.05) is 24.3 Å². The number of carbonyl (C=O) groups is 2. The molecule has 0 radical (unpaired) electrons. The predicted octanol–water partition coefficient (Wildman–Crippen LogP) is 3.71. The fourth-order valence-corrected chi connectivity index (χ4v) is 3.48. The molecule has 2 aromatic rings. The predicted molar refractivity (Wildman–Crippen MR) is 109 cm³/mol. The molecule has 148 valence electrons. The van der Waals surface area contributed by atoms with E-state index in [9.17, 15) is 9.59 Å². The lowest BCUT2D eigenvalue weighted by Crippen LogP contribution is -2.35. The fourth-order valence-electron chi connectivity index (χ4n) is 3.48. The van der Waals surface area contributed by atoms with Gasteiger partial charge in [0.05, 0.1) is 20.6 Å². The molecule has 0 aromatic heterocycles. The summed E-state index contributed by atoms with van der Waals surface area (Å²) in [5.41, 5.74) is 3.44. The molecule has 0 saturated carbocycles. The molecule has 0 unspecified atom stereocenters. The van der Waals surface area contributed by atoms with E-state index >= 15 is 0 Å². The van der Waals surface area contributed by atoms with Crippen LogP contribution >= 0.6 is 0 Å². The van der Waals surface area contributed by atoms with Crippen LogP contribution in [0.5, 0.6) is 11.5 Å². The maximum Gasteiger partial charge on any atom is 0.228 e. The molecule has 1 heterocycles. The Labute approximate surface area is 165 Å². The Kier molecular flexibility index (Phi) is 6.19. The first-order valence-electron chi connectivity index (χ1n) is 9.43. The quantitative estimate of drug-likeness (QED) is 0.827. The number of nitrogens with one attached hydrogen (secondary N) is 1. The lowest BCUT2D eigenvalue weighted by atomic mass is 10.1. The highest BCUT2D eigenvalue weighted by atomic mass is 16.5. The SMILES string of the molecule is COc1ccc(CC(=O)Nc2ccc(N3CCCCC3=O)c(C)c2)cc1OC. The van der Waals surface area contributed by atoms with Crippen molar-refractivity contribution in [3.05, 3.63) is 47.5 Å². The first kappa shape index (κ1) is 19.7. The molecule has 6 heteroatoms. The highest BCUT2D eigenvalue weighted by molar-refractivity contribution is 5.96. The number of hydrogen-bond acceptors (Lipinski definition) is 4. The second-order valence-corrected chi connectivity index (χ2v) is 6.92. The molecule has 1 saturated heterocycles. The lowest BCUT2D eigenvalue weighted by molar-refractivity contribution is -0.119. The molecular formula is C22H26N2O4. The van der Waals surface area contributed by atoms with Crippen LogP contribution in [0.25, 0.3) is 0 Å². The Morgan fingerprint density at radius 3 is 2.54 bits per heavy atom. The third-order valence-electron chi connectivity index (χ3n) is 4.91. The third kappa shape index (κ3) is 4.44. The Hall–Kier alpha value is -3.02. The van der Waals surface area contributed by atoms with E-state index in [2.05, 4.69) is 5.32 Å². The normalized spacial score (nSPS) is 14.0. The number of nitrogens with zero attached hydrogens (tertiary/aromatic N) is 1. The highest BCUT2D eigenvalue weighted by Crippen LogP contribution is 2.29. The number of rotatable bonds is 6. The van der Waals surface area contributed by atoms with Crippen molar-refractivity contribution in [2.45, 2.75) is 32.6 Å². The summed E-state index contributed by atoms with van der Waals surface area (Å²) < 4.78 is 10.5. The van der Waals surface area contributed by atoms with Crippen molar-refractivity contribution in [3.63, 3.8) is 0 Å². The zero-order valence-corrected chi connectivity index (χ0v) is 16.6. The molecule has 0 atom stereocenters. The Bertz CT molecular complexity index is 879. The van der Waals surface area contributed by atoms with E-state index in [4.69, 9.17) is 9.47 Å². The maximum atomic E-state index is 12.4. The van der Waals surface area contributed by atoms with Crippen molar-refractivity contribution in [1.82, 2.24) is 0 Å². The molecule has 1 aliphatic rings. The Balaban J connectivity index is 1.67. The van der Waals surface area contributed by atoms with Gasteiger partial charge in [0.15, 0.2) is 11.5 Å².